The fourth-order valence-electron chi connectivity index (χ4n) is 4.48. The van der Waals surface area contributed by atoms with Gasteiger partial charge in [0.2, 0.25) is 5.91 Å². The summed E-state index contributed by atoms with van der Waals surface area (Å²) >= 11 is 0. The van der Waals surface area contributed by atoms with Crippen LogP contribution in [0.15, 0.2) is 36.7 Å². The van der Waals surface area contributed by atoms with Gasteiger partial charge in [0.05, 0.1) is 11.1 Å². The molecule has 2 saturated heterocycles. The standard InChI is InChI=1S/C24H28F6N6O/c25-23(26,27)17-1-3-20(31-15-17)33-19-5-9-36(10-6-19)22(37)7-8-34-11-13-35(14-12-34)21-4-2-18(16-32-21)24(28,29)30/h1-4,15-16,19H,5-14H2,(H,31,33). The summed E-state index contributed by atoms with van der Waals surface area (Å²) in [7, 11) is 0. The second-order valence-corrected chi connectivity index (χ2v) is 9.21. The van der Waals surface area contributed by atoms with Gasteiger partial charge in [0.15, 0.2) is 0 Å². The zero-order chi connectivity index (χ0) is 26.6. The normalized spacial score (nSPS) is 18.2. The lowest BCUT2D eigenvalue weighted by Crippen LogP contribution is -2.48. The molecule has 2 aliphatic heterocycles. The molecule has 2 aromatic heterocycles. The van der Waals surface area contributed by atoms with Gasteiger partial charge in [-0.2, -0.15) is 26.3 Å². The first kappa shape index (κ1) is 27.0. The predicted octanol–water partition coefficient (Wildman–Crippen LogP) is 4.13. The Bertz CT molecular complexity index is 1030. The minimum Gasteiger partial charge on any atom is -0.367 e. The maximum Gasteiger partial charge on any atom is 0.417 e. The molecule has 0 aliphatic carbocycles. The van der Waals surface area contributed by atoms with Crippen molar-refractivity contribution in [3.63, 3.8) is 0 Å². The zero-order valence-corrected chi connectivity index (χ0v) is 20.0. The first-order valence-corrected chi connectivity index (χ1v) is 12.1. The van der Waals surface area contributed by atoms with E-state index in [4.69, 9.17) is 0 Å². The number of hydrogen-bond donors (Lipinski definition) is 1. The Hall–Kier alpha value is -3.09. The number of piperidine rings is 1. The maximum absolute atomic E-state index is 12.7. The molecule has 0 saturated carbocycles. The highest BCUT2D eigenvalue weighted by molar-refractivity contribution is 5.76. The van der Waals surface area contributed by atoms with Gasteiger partial charge in [-0.25, -0.2) is 9.97 Å². The summed E-state index contributed by atoms with van der Waals surface area (Å²) in [5.41, 5.74) is -1.57. The third-order valence-corrected chi connectivity index (χ3v) is 6.70. The zero-order valence-electron chi connectivity index (χ0n) is 20.0. The summed E-state index contributed by atoms with van der Waals surface area (Å²) in [6.45, 7) is 4.31. The molecule has 4 rings (SSSR count). The van der Waals surface area contributed by atoms with Crippen LogP contribution in [-0.4, -0.2) is 77.5 Å². The molecule has 37 heavy (non-hydrogen) atoms. The smallest absolute Gasteiger partial charge is 0.367 e. The van der Waals surface area contributed by atoms with Crippen molar-refractivity contribution in [2.75, 3.05) is 56.0 Å². The van der Waals surface area contributed by atoms with Crippen LogP contribution in [0.5, 0.6) is 0 Å². The Balaban J connectivity index is 1.15. The van der Waals surface area contributed by atoms with Gasteiger partial charge < -0.3 is 15.1 Å². The molecule has 1 amide bonds. The van der Waals surface area contributed by atoms with Crippen LogP contribution in [0.25, 0.3) is 0 Å². The lowest BCUT2D eigenvalue weighted by molar-refractivity contribution is -0.138. The fourth-order valence-corrected chi connectivity index (χ4v) is 4.48. The minimum absolute atomic E-state index is 0.0279. The van der Waals surface area contributed by atoms with Crippen LogP contribution in [0.4, 0.5) is 38.0 Å². The molecular formula is C24H28F6N6O. The number of amides is 1. The van der Waals surface area contributed by atoms with Crippen molar-refractivity contribution in [3.8, 4) is 0 Å². The van der Waals surface area contributed by atoms with Gasteiger partial charge in [-0.1, -0.05) is 0 Å². The molecule has 2 fully saturated rings. The van der Waals surface area contributed by atoms with Crippen molar-refractivity contribution in [2.45, 2.75) is 37.7 Å². The van der Waals surface area contributed by atoms with Gasteiger partial charge >= 0.3 is 12.4 Å². The third-order valence-electron chi connectivity index (χ3n) is 6.70. The van der Waals surface area contributed by atoms with Gasteiger partial charge in [0.1, 0.15) is 11.6 Å². The summed E-state index contributed by atoms with van der Waals surface area (Å²) in [4.78, 5) is 26.4. The van der Waals surface area contributed by atoms with Crippen molar-refractivity contribution in [3.05, 3.63) is 47.8 Å². The second-order valence-electron chi connectivity index (χ2n) is 9.21. The topological polar surface area (TPSA) is 64.6 Å². The highest BCUT2D eigenvalue weighted by atomic mass is 19.4. The van der Waals surface area contributed by atoms with E-state index in [0.717, 1.165) is 24.5 Å². The number of likely N-dealkylation sites (tertiary alicyclic amines) is 1. The van der Waals surface area contributed by atoms with Crippen LogP contribution in [0.1, 0.15) is 30.4 Å². The number of hydrogen-bond acceptors (Lipinski definition) is 6. The summed E-state index contributed by atoms with van der Waals surface area (Å²) in [5, 5.41) is 3.14. The number of anilines is 2. The number of nitrogens with one attached hydrogen (secondary N) is 1. The highest BCUT2D eigenvalue weighted by Gasteiger charge is 2.32. The van der Waals surface area contributed by atoms with Crippen LogP contribution in [-0.2, 0) is 17.1 Å². The molecule has 0 radical (unpaired) electrons. The maximum atomic E-state index is 12.7. The number of piperazine rings is 1. The first-order valence-electron chi connectivity index (χ1n) is 12.1. The second kappa shape index (κ2) is 11.1. The van der Waals surface area contributed by atoms with Crippen molar-refractivity contribution in [1.29, 1.82) is 0 Å². The van der Waals surface area contributed by atoms with E-state index in [0.29, 0.717) is 76.7 Å². The molecule has 0 spiro atoms. The van der Waals surface area contributed by atoms with Crippen LogP contribution < -0.4 is 10.2 Å². The van der Waals surface area contributed by atoms with Crippen LogP contribution >= 0.6 is 0 Å². The molecule has 2 aromatic rings. The first-order chi connectivity index (χ1) is 17.5. The van der Waals surface area contributed by atoms with Crippen LogP contribution in [0.2, 0.25) is 0 Å². The van der Waals surface area contributed by atoms with Crippen molar-refractivity contribution in [1.82, 2.24) is 19.8 Å². The average molecular weight is 531 g/mol. The number of rotatable bonds is 6. The molecule has 13 heteroatoms. The van der Waals surface area contributed by atoms with Gasteiger partial charge in [-0.05, 0) is 37.1 Å². The van der Waals surface area contributed by atoms with Crippen LogP contribution in [0.3, 0.4) is 0 Å². The van der Waals surface area contributed by atoms with E-state index in [1.807, 2.05) is 4.90 Å². The van der Waals surface area contributed by atoms with E-state index in [9.17, 15) is 31.1 Å². The van der Waals surface area contributed by atoms with E-state index in [-0.39, 0.29) is 11.9 Å². The molecule has 202 valence electrons. The molecular weight excluding hydrogens is 502 g/mol. The number of carbonyl (C=O) groups excluding carboxylic acids is 1. The largest absolute Gasteiger partial charge is 0.417 e. The Morgan fingerprint density at radius 3 is 1.95 bits per heavy atom. The van der Waals surface area contributed by atoms with Crippen molar-refractivity contribution >= 4 is 17.5 Å². The Kier molecular flexibility index (Phi) is 8.10. The minimum atomic E-state index is -4.42. The summed E-state index contributed by atoms with van der Waals surface area (Å²) in [5.74, 6) is 0.938. The quantitative estimate of drug-likeness (QED) is 0.567. The van der Waals surface area contributed by atoms with E-state index in [1.54, 1.807) is 4.90 Å². The molecule has 2 aliphatic rings. The monoisotopic (exact) mass is 530 g/mol. The third kappa shape index (κ3) is 7.24. The van der Waals surface area contributed by atoms with E-state index in [1.165, 1.54) is 12.1 Å². The summed E-state index contributed by atoms with van der Waals surface area (Å²) in [6, 6.07) is 4.75. The molecule has 0 unspecified atom stereocenters. The van der Waals surface area contributed by atoms with Crippen molar-refractivity contribution in [2.24, 2.45) is 0 Å². The fraction of sp³-hybridized carbons (Fsp3) is 0.542. The Morgan fingerprint density at radius 2 is 1.43 bits per heavy atom. The van der Waals surface area contributed by atoms with Crippen LogP contribution in [0, 0.1) is 0 Å². The molecule has 0 bridgehead atoms. The number of alkyl halides is 6. The Morgan fingerprint density at radius 1 is 0.838 bits per heavy atom. The highest BCUT2D eigenvalue weighted by Crippen LogP contribution is 2.30. The average Bonchev–Trinajstić information content (AvgIpc) is 2.87. The van der Waals surface area contributed by atoms with Gasteiger partial charge in [-0.15, -0.1) is 0 Å². The van der Waals surface area contributed by atoms with E-state index >= 15 is 0 Å². The number of aromatic nitrogens is 2. The number of carbonyl (C=O) groups is 1. The lowest BCUT2D eigenvalue weighted by Gasteiger charge is -2.36. The SMILES string of the molecule is O=C(CCN1CCN(c2ccc(C(F)(F)F)cn2)CC1)N1CCC(Nc2ccc(C(F)(F)F)cn2)CC1. The number of pyridine rings is 2. The van der Waals surface area contributed by atoms with Crippen molar-refractivity contribution < 1.29 is 31.1 Å². The number of nitrogens with zero attached hydrogens (tertiary/aromatic N) is 5. The van der Waals surface area contributed by atoms with E-state index < -0.39 is 23.5 Å². The molecule has 0 aromatic carbocycles. The van der Waals surface area contributed by atoms with E-state index in [2.05, 4.69) is 20.2 Å². The van der Waals surface area contributed by atoms with Gasteiger partial charge in [-0.3, -0.25) is 9.69 Å². The molecule has 0 atom stereocenters. The molecule has 7 nitrogen and oxygen atoms in total. The predicted molar refractivity (Wildman–Crippen MR) is 125 cm³/mol. The Labute approximate surface area is 210 Å². The summed E-state index contributed by atoms with van der Waals surface area (Å²) < 4.78 is 76.2. The molecule has 4 heterocycles. The lowest BCUT2D eigenvalue weighted by atomic mass is 10.0. The number of halogens is 6. The van der Waals surface area contributed by atoms with Gasteiger partial charge in [0.25, 0.3) is 0 Å². The van der Waals surface area contributed by atoms with Gasteiger partial charge in [0, 0.05) is 70.7 Å². The summed E-state index contributed by atoms with van der Waals surface area (Å²) in [6.07, 6.45) is -5.46. The molecule has 1 N–H and O–H groups in total.